The van der Waals surface area contributed by atoms with Crippen LogP contribution < -0.4 is 5.32 Å². The average molecular weight is 484 g/mol. The Kier molecular flexibility index (Phi) is 7.19. The van der Waals surface area contributed by atoms with Gasteiger partial charge in [-0.3, -0.25) is 14.4 Å². The summed E-state index contributed by atoms with van der Waals surface area (Å²) in [5.41, 5.74) is 1.12. The van der Waals surface area contributed by atoms with E-state index in [1.54, 1.807) is 29.2 Å². The molecular formula is C25H23ClFN3O4. The van der Waals surface area contributed by atoms with E-state index < -0.39 is 11.6 Å². The Bertz CT molecular complexity index is 1200. The Morgan fingerprint density at radius 3 is 2.56 bits per heavy atom. The summed E-state index contributed by atoms with van der Waals surface area (Å²) in [5, 5.41) is 2.73. The van der Waals surface area contributed by atoms with Crippen LogP contribution in [0.4, 0.5) is 4.39 Å². The van der Waals surface area contributed by atoms with Gasteiger partial charge in [0.15, 0.2) is 0 Å². The predicted octanol–water partition coefficient (Wildman–Crippen LogP) is 3.88. The van der Waals surface area contributed by atoms with Crippen LogP contribution in [0.15, 0.2) is 41.7 Å². The highest BCUT2D eigenvalue weighted by Crippen LogP contribution is 2.31. The molecule has 0 radical (unpaired) electrons. The van der Waals surface area contributed by atoms with Crippen molar-refractivity contribution in [3.05, 3.63) is 75.1 Å². The maximum absolute atomic E-state index is 13.7. The molecule has 2 heterocycles. The van der Waals surface area contributed by atoms with E-state index >= 15 is 0 Å². The Morgan fingerprint density at radius 2 is 1.88 bits per heavy atom. The van der Waals surface area contributed by atoms with Gasteiger partial charge in [0.05, 0.1) is 18.8 Å². The number of nitrogens with one attached hydrogen (secondary N) is 1. The molecule has 7 nitrogen and oxygen atoms in total. The van der Waals surface area contributed by atoms with Crippen molar-refractivity contribution in [1.29, 1.82) is 0 Å². The number of ketones is 2. The Morgan fingerprint density at radius 1 is 1.18 bits per heavy atom. The highest BCUT2D eigenvalue weighted by atomic mass is 35.5. The summed E-state index contributed by atoms with van der Waals surface area (Å²) in [5.74, 6) is -1.71. The van der Waals surface area contributed by atoms with Gasteiger partial charge in [0.1, 0.15) is 28.1 Å². The number of hydrogen-bond donors (Lipinski definition) is 1. The fourth-order valence-corrected chi connectivity index (χ4v) is 4.12. The molecule has 0 saturated carbocycles. The maximum atomic E-state index is 13.7. The van der Waals surface area contributed by atoms with Crippen molar-refractivity contribution in [3.63, 3.8) is 0 Å². The van der Waals surface area contributed by atoms with Gasteiger partial charge in [-0.15, -0.1) is 0 Å². The van der Waals surface area contributed by atoms with Gasteiger partial charge in [0, 0.05) is 19.5 Å². The number of aromatic nitrogens is 1. The number of nitrogens with zero attached hydrogens (tertiary/aromatic N) is 2. The number of carbonyl (C=O) groups excluding carboxylic acids is 3. The Labute approximate surface area is 201 Å². The molecule has 4 rings (SSSR count). The monoisotopic (exact) mass is 483 g/mol. The zero-order valence-corrected chi connectivity index (χ0v) is 19.3. The molecule has 0 unspecified atom stereocenters. The second-order valence-corrected chi connectivity index (χ2v) is 8.31. The lowest BCUT2D eigenvalue weighted by atomic mass is 9.89. The number of carbonyl (C=O) groups is 3. The van der Waals surface area contributed by atoms with Gasteiger partial charge in [-0.25, -0.2) is 9.37 Å². The van der Waals surface area contributed by atoms with Crippen LogP contribution in [0.2, 0.25) is 5.15 Å². The van der Waals surface area contributed by atoms with Crippen LogP contribution in [0.25, 0.3) is 12.2 Å². The third-order valence-electron chi connectivity index (χ3n) is 5.53. The number of hydrogen-bond acceptors (Lipinski definition) is 6. The molecule has 1 amide bonds. The Balaban J connectivity index is 1.81. The molecule has 0 spiro atoms. The minimum absolute atomic E-state index is 0.0541. The van der Waals surface area contributed by atoms with Crippen LogP contribution in [0.3, 0.4) is 0 Å². The summed E-state index contributed by atoms with van der Waals surface area (Å²) in [6.07, 6.45) is 4.10. The number of allylic oxidation sites excluding steroid dienone is 2. The van der Waals surface area contributed by atoms with Gasteiger partial charge < -0.3 is 15.0 Å². The lowest BCUT2D eigenvalue weighted by Crippen LogP contribution is -2.44. The molecule has 0 atom stereocenters. The Hall–Kier alpha value is -3.36. The van der Waals surface area contributed by atoms with Crippen molar-refractivity contribution in [1.82, 2.24) is 15.2 Å². The van der Waals surface area contributed by atoms with Gasteiger partial charge >= 0.3 is 0 Å². The van der Waals surface area contributed by atoms with Crippen LogP contribution in [0.5, 0.6) is 0 Å². The first-order valence-electron chi connectivity index (χ1n) is 11.0. The molecule has 2 aromatic rings. The van der Waals surface area contributed by atoms with Crippen molar-refractivity contribution in [3.8, 4) is 0 Å². The molecule has 2 aliphatic rings. The molecule has 1 saturated heterocycles. The number of morpholine rings is 1. The maximum Gasteiger partial charge on any atom is 0.230 e. The van der Waals surface area contributed by atoms with Crippen LogP contribution in [-0.2, 0) is 9.53 Å². The molecule has 1 aliphatic heterocycles. The van der Waals surface area contributed by atoms with E-state index in [-0.39, 0.29) is 45.9 Å². The van der Waals surface area contributed by atoms with Crippen LogP contribution in [0, 0.1) is 5.82 Å². The van der Waals surface area contributed by atoms with Crippen molar-refractivity contribution in [2.75, 3.05) is 26.3 Å². The van der Waals surface area contributed by atoms with Gasteiger partial charge in [-0.2, -0.15) is 0 Å². The number of benzene rings is 1. The molecule has 9 heteroatoms. The van der Waals surface area contributed by atoms with E-state index in [1.165, 1.54) is 18.2 Å². The van der Waals surface area contributed by atoms with Gasteiger partial charge in [0.2, 0.25) is 17.5 Å². The van der Waals surface area contributed by atoms with Gasteiger partial charge in [-0.05, 0) is 35.7 Å². The molecule has 176 valence electrons. The third-order valence-corrected chi connectivity index (χ3v) is 5.73. The minimum atomic E-state index is -0.511. The first-order valence-corrected chi connectivity index (χ1v) is 11.4. The zero-order chi connectivity index (χ0) is 24.2. The third kappa shape index (κ3) is 4.93. The van der Waals surface area contributed by atoms with Crippen LogP contribution in [-0.4, -0.2) is 53.7 Å². The molecular weight excluding hydrogens is 461 g/mol. The van der Waals surface area contributed by atoms with E-state index in [0.717, 1.165) is 0 Å². The summed E-state index contributed by atoms with van der Waals surface area (Å²) in [4.78, 5) is 45.7. The fourth-order valence-electron chi connectivity index (χ4n) is 3.92. The quantitative estimate of drug-likeness (QED) is 0.627. The standard InChI is InChI=1S/C25H23ClFN3O4/c1-2-3-19(31)29-22-23(30-10-12-34-13-11-30)25(33)21-20(24(22)32)16(14-18(26)28-21)7-4-15-5-8-17(27)9-6-15/h4-9,14H,2-3,10-13H2,1H3,(H,29,31)/b7-4+. The fraction of sp³-hybridized carbons (Fsp3) is 0.280. The lowest BCUT2D eigenvalue weighted by Gasteiger charge is -2.33. The smallest absolute Gasteiger partial charge is 0.230 e. The first kappa shape index (κ1) is 23.8. The highest BCUT2D eigenvalue weighted by molar-refractivity contribution is 6.32. The number of rotatable bonds is 6. The topological polar surface area (TPSA) is 88.6 Å². The van der Waals surface area contributed by atoms with Crippen LogP contribution >= 0.6 is 11.6 Å². The SMILES string of the molecule is CCCC(=O)NC1=C(N2CCOCC2)C(=O)c2nc(Cl)cc(/C=C/c3ccc(F)cc3)c2C1=O. The van der Waals surface area contributed by atoms with E-state index in [9.17, 15) is 18.8 Å². The molecule has 1 aromatic heterocycles. The second-order valence-electron chi connectivity index (χ2n) is 7.92. The average Bonchev–Trinajstić information content (AvgIpc) is 2.82. The molecule has 34 heavy (non-hydrogen) atoms. The summed E-state index contributed by atoms with van der Waals surface area (Å²) in [6.45, 7) is 3.43. The minimum Gasteiger partial charge on any atom is -0.378 e. The number of Topliss-reactive ketones (excluding diaryl/α,β-unsaturated/α-hetero) is 2. The van der Waals surface area contributed by atoms with Crippen molar-refractivity contribution in [2.24, 2.45) is 0 Å². The zero-order valence-electron chi connectivity index (χ0n) is 18.6. The normalized spacial score (nSPS) is 16.3. The van der Waals surface area contributed by atoms with Crippen molar-refractivity contribution >= 4 is 41.2 Å². The van der Waals surface area contributed by atoms with Crippen molar-refractivity contribution < 1.29 is 23.5 Å². The summed E-state index contributed by atoms with van der Waals surface area (Å²) in [7, 11) is 0. The largest absolute Gasteiger partial charge is 0.378 e. The second kappa shape index (κ2) is 10.3. The first-order chi connectivity index (χ1) is 16.4. The van der Waals surface area contributed by atoms with E-state index in [1.807, 2.05) is 6.92 Å². The molecule has 1 N–H and O–H groups in total. The van der Waals surface area contributed by atoms with Gasteiger partial charge in [-0.1, -0.05) is 42.8 Å². The summed E-state index contributed by atoms with van der Waals surface area (Å²) in [6, 6.07) is 7.29. The molecule has 1 aromatic carbocycles. The van der Waals surface area contributed by atoms with E-state index in [2.05, 4.69) is 10.3 Å². The predicted molar refractivity (Wildman–Crippen MR) is 126 cm³/mol. The molecule has 1 fully saturated rings. The molecule has 1 aliphatic carbocycles. The number of ether oxygens (including phenoxy) is 1. The number of fused-ring (bicyclic) bond motifs is 1. The highest BCUT2D eigenvalue weighted by Gasteiger charge is 2.39. The lowest BCUT2D eigenvalue weighted by molar-refractivity contribution is -0.120. The van der Waals surface area contributed by atoms with Crippen molar-refractivity contribution in [2.45, 2.75) is 19.8 Å². The van der Waals surface area contributed by atoms with Crippen LogP contribution in [0.1, 0.15) is 51.7 Å². The van der Waals surface area contributed by atoms with Gasteiger partial charge in [0.25, 0.3) is 0 Å². The summed E-state index contributed by atoms with van der Waals surface area (Å²) >= 11 is 6.22. The van der Waals surface area contributed by atoms with E-state index in [0.29, 0.717) is 43.9 Å². The number of amides is 1. The number of halogens is 2. The summed E-state index contributed by atoms with van der Waals surface area (Å²) < 4.78 is 18.6. The molecule has 0 bridgehead atoms. The van der Waals surface area contributed by atoms with E-state index in [4.69, 9.17) is 16.3 Å². The number of pyridine rings is 1.